The summed E-state index contributed by atoms with van der Waals surface area (Å²) in [6.45, 7) is 1.96. The van der Waals surface area contributed by atoms with Gasteiger partial charge in [0.15, 0.2) is 11.1 Å². The van der Waals surface area contributed by atoms with E-state index < -0.39 is 0 Å². The quantitative estimate of drug-likeness (QED) is 0.586. The molecule has 1 heterocycles. The minimum Gasteiger partial charge on any atom is -0.370 e. The predicted octanol–water partition coefficient (Wildman–Crippen LogP) is 2.64. The number of hydrogen-bond donors (Lipinski definition) is 3. The number of hydrogen-bond acceptors (Lipinski definition) is 3. The summed E-state index contributed by atoms with van der Waals surface area (Å²) in [7, 11) is 0. The number of thioether (sulfide) groups is 1. The number of aliphatic imine (C=N–C) groups is 1. The number of nitrogens with zero attached hydrogens (tertiary/aromatic N) is 2. The second kappa shape index (κ2) is 6.11. The molecule has 20 heavy (non-hydrogen) atoms. The molecule has 0 saturated heterocycles. The van der Waals surface area contributed by atoms with Crippen LogP contribution in [-0.4, -0.2) is 16.1 Å². The Morgan fingerprint density at radius 1 is 1.40 bits per heavy atom. The zero-order valence-corrected chi connectivity index (χ0v) is 12.4. The first-order chi connectivity index (χ1) is 9.49. The Labute approximate surface area is 125 Å². The standard InChI is InChI=1S/C13H14ClN5S/c1-7-8-4-2-3-5-9(8)18-10(11(7)14)6-20-13(17)19-12(15)16/h2-5H,6H2,1H3,(H5,15,16,17,19). The van der Waals surface area contributed by atoms with Crippen molar-refractivity contribution in [3.8, 4) is 0 Å². The van der Waals surface area contributed by atoms with Gasteiger partial charge in [0.1, 0.15) is 0 Å². The minimum absolute atomic E-state index is 0.0358. The van der Waals surface area contributed by atoms with E-state index in [1.54, 1.807) is 0 Å². The molecule has 0 amide bonds. The average molecular weight is 308 g/mol. The topological polar surface area (TPSA) is 101 Å². The highest BCUT2D eigenvalue weighted by Crippen LogP contribution is 2.29. The Hall–Kier alpha value is -1.79. The Balaban J connectivity index is 2.29. The number of guanidine groups is 1. The molecule has 0 unspecified atom stereocenters. The molecular formula is C13H14ClN5S. The lowest BCUT2D eigenvalue weighted by molar-refractivity contribution is 1.21. The zero-order valence-electron chi connectivity index (χ0n) is 10.9. The maximum Gasteiger partial charge on any atom is 0.193 e. The van der Waals surface area contributed by atoms with Gasteiger partial charge in [-0.2, -0.15) is 4.99 Å². The van der Waals surface area contributed by atoms with E-state index in [9.17, 15) is 0 Å². The Morgan fingerprint density at radius 2 is 2.10 bits per heavy atom. The van der Waals surface area contributed by atoms with E-state index in [-0.39, 0.29) is 11.1 Å². The van der Waals surface area contributed by atoms with E-state index in [1.165, 1.54) is 11.8 Å². The van der Waals surface area contributed by atoms with Crippen molar-refractivity contribution >= 4 is 45.4 Å². The second-order valence-corrected chi connectivity index (χ2v) is 5.49. The van der Waals surface area contributed by atoms with Crippen molar-refractivity contribution in [3.63, 3.8) is 0 Å². The van der Waals surface area contributed by atoms with Gasteiger partial charge in [-0.15, -0.1) is 0 Å². The van der Waals surface area contributed by atoms with Gasteiger partial charge in [0.05, 0.1) is 16.2 Å². The molecule has 0 saturated carbocycles. The number of aryl methyl sites for hydroxylation is 1. The van der Waals surface area contributed by atoms with Crippen LogP contribution in [0.3, 0.4) is 0 Å². The number of nitrogens with one attached hydrogen (secondary N) is 1. The van der Waals surface area contributed by atoms with Gasteiger partial charge in [-0.1, -0.05) is 41.6 Å². The van der Waals surface area contributed by atoms with Gasteiger partial charge < -0.3 is 11.5 Å². The summed E-state index contributed by atoms with van der Waals surface area (Å²) in [5.41, 5.74) is 13.0. The highest BCUT2D eigenvalue weighted by atomic mass is 35.5. The third kappa shape index (κ3) is 3.20. The third-order valence-electron chi connectivity index (χ3n) is 2.72. The van der Waals surface area contributed by atoms with E-state index >= 15 is 0 Å². The van der Waals surface area contributed by atoms with Crippen LogP contribution < -0.4 is 11.5 Å². The SMILES string of the molecule is Cc1c(Cl)c(CSC(=N)N=C(N)N)nc2ccccc12. The molecule has 104 valence electrons. The molecule has 5 nitrogen and oxygen atoms in total. The van der Waals surface area contributed by atoms with Crippen molar-refractivity contribution in [2.75, 3.05) is 0 Å². The van der Waals surface area contributed by atoms with Crippen LogP contribution in [0.2, 0.25) is 5.02 Å². The number of aromatic nitrogens is 1. The van der Waals surface area contributed by atoms with Crippen molar-refractivity contribution in [3.05, 3.63) is 40.5 Å². The zero-order chi connectivity index (χ0) is 14.7. The largest absolute Gasteiger partial charge is 0.370 e. The molecule has 2 rings (SSSR count). The lowest BCUT2D eigenvalue weighted by atomic mass is 10.1. The van der Waals surface area contributed by atoms with Crippen molar-refractivity contribution in [2.45, 2.75) is 12.7 Å². The normalized spacial score (nSPS) is 10.5. The van der Waals surface area contributed by atoms with Gasteiger partial charge in [-0.3, -0.25) is 10.4 Å². The summed E-state index contributed by atoms with van der Waals surface area (Å²) >= 11 is 7.51. The summed E-state index contributed by atoms with van der Waals surface area (Å²) in [5.74, 6) is 0.316. The minimum atomic E-state index is -0.128. The smallest absolute Gasteiger partial charge is 0.193 e. The average Bonchev–Trinajstić information content (AvgIpc) is 2.40. The van der Waals surface area contributed by atoms with Gasteiger partial charge in [0.2, 0.25) is 0 Å². The van der Waals surface area contributed by atoms with Gasteiger partial charge in [-0.05, 0) is 18.6 Å². The number of benzene rings is 1. The molecule has 5 N–H and O–H groups in total. The molecule has 0 aliphatic carbocycles. The molecule has 0 aliphatic heterocycles. The van der Waals surface area contributed by atoms with Crippen LogP contribution in [0.15, 0.2) is 29.3 Å². The molecule has 1 aromatic carbocycles. The van der Waals surface area contributed by atoms with E-state index in [1.807, 2.05) is 31.2 Å². The van der Waals surface area contributed by atoms with Gasteiger partial charge >= 0.3 is 0 Å². The van der Waals surface area contributed by atoms with Crippen LogP contribution >= 0.6 is 23.4 Å². The van der Waals surface area contributed by atoms with E-state index in [4.69, 9.17) is 28.5 Å². The molecular weight excluding hydrogens is 294 g/mol. The molecule has 0 bridgehead atoms. The molecule has 0 atom stereocenters. The lowest BCUT2D eigenvalue weighted by Crippen LogP contribution is -2.23. The van der Waals surface area contributed by atoms with E-state index in [2.05, 4.69) is 9.98 Å². The lowest BCUT2D eigenvalue weighted by Gasteiger charge is -2.09. The fraction of sp³-hybridized carbons (Fsp3) is 0.154. The van der Waals surface area contributed by atoms with Crippen molar-refractivity contribution in [1.82, 2.24) is 4.98 Å². The molecule has 1 aromatic heterocycles. The summed E-state index contributed by atoms with van der Waals surface area (Å²) in [5, 5.41) is 9.29. The number of rotatable bonds is 2. The molecule has 0 radical (unpaired) electrons. The Kier molecular flexibility index (Phi) is 4.46. The number of para-hydroxylation sites is 1. The molecule has 2 aromatic rings. The van der Waals surface area contributed by atoms with Crippen LogP contribution in [0.1, 0.15) is 11.3 Å². The number of nitrogens with two attached hydrogens (primary N) is 2. The fourth-order valence-electron chi connectivity index (χ4n) is 1.80. The first kappa shape index (κ1) is 14.6. The van der Waals surface area contributed by atoms with Crippen molar-refractivity contribution < 1.29 is 0 Å². The van der Waals surface area contributed by atoms with Gasteiger partial charge in [0, 0.05) is 11.1 Å². The number of amidine groups is 1. The summed E-state index contributed by atoms with van der Waals surface area (Å²) in [6.07, 6.45) is 0. The third-order valence-corrected chi connectivity index (χ3v) is 4.01. The first-order valence-electron chi connectivity index (χ1n) is 5.83. The van der Waals surface area contributed by atoms with E-state index in [0.717, 1.165) is 22.2 Å². The molecule has 0 aliphatic rings. The van der Waals surface area contributed by atoms with Crippen LogP contribution in [-0.2, 0) is 5.75 Å². The number of fused-ring (bicyclic) bond motifs is 1. The van der Waals surface area contributed by atoms with Crippen molar-refractivity contribution in [2.24, 2.45) is 16.5 Å². The molecule has 7 heteroatoms. The second-order valence-electron chi connectivity index (χ2n) is 4.15. The van der Waals surface area contributed by atoms with E-state index in [0.29, 0.717) is 10.8 Å². The summed E-state index contributed by atoms with van der Waals surface area (Å²) in [6, 6.07) is 7.81. The first-order valence-corrected chi connectivity index (χ1v) is 7.20. The molecule has 0 fully saturated rings. The maximum atomic E-state index is 7.60. The van der Waals surface area contributed by atoms with Gasteiger partial charge in [-0.25, -0.2) is 0 Å². The van der Waals surface area contributed by atoms with Crippen LogP contribution in [0.25, 0.3) is 10.9 Å². The number of pyridine rings is 1. The Morgan fingerprint density at radius 3 is 2.80 bits per heavy atom. The van der Waals surface area contributed by atoms with Crippen LogP contribution in [0.5, 0.6) is 0 Å². The van der Waals surface area contributed by atoms with Crippen LogP contribution in [0, 0.1) is 12.3 Å². The highest BCUT2D eigenvalue weighted by molar-refractivity contribution is 8.13. The fourth-order valence-corrected chi connectivity index (χ4v) is 2.74. The highest BCUT2D eigenvalue weighted by Gasteiger charge is 2.11. The van der Waals surface area contributed by atoms with Gasteiger partial charge in [0.25, 0.3) is 0 Å². The van der Waals surface area contributed by atoms with Crippen molar-refractivity contribution in [1.29, 1.82) is 5.41 Å². The predicted molar refractivity (Wildman–Crippen MR) is 86.3 cm³/mol. The monoisotopic (exact) mass is 307 g/mol. The van der Waals surface area contributed by atoms with Crippen LogP contribution in [0.4, 0.5) is 0 Å². The Bertz CT molecular complexity index is 694. The summed E-state index contributed by atoms with van der Waals surface area (Å²) in [4.78, 5) is 8.18. The maximum absolute atomic E-state index is 7.60. The summed E-state index contributed by atoms with van der Waals surface area (Å²) < 4.78 is 0. The molecule has 0 spiro atoms. The number of halogens is 1.